The quantitative estimate of drug-likeness (QED) is 0.799. The summed E-state index contributed by atoms with van der Waals surface area (Å²) in [5.74, 6) is 0.947. The molecule has 1 N–H and O–H groups in total. The summed E-state index contributed by atoms with van der Waals surface area (Å²) in [4.78, 5) is 0. The van der Waals surface area contributed by atoms with E-state index in [1.807, 2.05) is 12.1 Å². The van der Waals surface area contributed by atoms with Crippen molar-refractivity contribution < 1.29 is 4.74 Å². The summed E-state index contributed by atoms with van der Waals surface area (Å²) in [6, 6.07) is 6.14. The third-order valence-corrected chi connectivity index (χ3v) is 4.42. The SMILES string of the molecule is CCC(CC)(CC)NCc1cc(Br)ccc1OC. The van der Waals surface area contributed by atoms with Crippen LogP contribution < -0.4 is 10.1 Å². The van der Waals surface area contributed by atoms with Gasteiger partial charge in [-0.25, -0.2) is 0 Å². The molecule has 1 aromatic carbocycles. The number of hydrogen-bond donors (Lipinski definition) is 1. The zero-order valence-corrected chi connectivity index (χ0v) is 13.4. The van der Waals surface area contributed by atoms with E-state index < -0.39 is 0 Å². The molecular formula is C15H24BrNO. The predicted octanol–water partition coefficient (Wildman–Crippen LogP) is 4.52. The third kappa shape index (κ3) is 3.72. The minimum atomic E-state index is 0.243. The van der Waals surface area contributed by atoms with Crippen LogP contribution in [0.25, 0.3) is 0 Å². The van der Waals surface area contributed by atoms with Crippen molar-refractivity contribution in [1.29, 1.82) is 0 Å². The minimum Gasteiger partial charge on any atom is -0.496 e. The maximum atomic E-state index is 5.41. The Kier molecular flexibility index (Phi) is 6.16. The van der Waals surface area contributed by atoms with Crippen LogP contribution in [-0.4, -0.2) is 12.6 Å². The van der Waals surface area contributed by atoms with Crippen LogP contribution in [0.5, 0.6) is 5.75 Å². The highest BCUT2D eigenvalue weighted by Crippen LogP contribution is 2.25. The second kappa shape index (κ2) is 7.15. The smallest absolute Gasteiger partial charge is 0.123 e. The average Bonchev–Trinajstić information content (AvgIpc) is 2.41. The van der Waals surface area contributed by atoms with Crippen molar-refractivity contribution in [2.45, 2.75) is 52.1 Å². The van der Waals surface area contributed by atoms with E-state index in [1.165, 1.54) is 5.56 Å². The number of ether oxygens (including phenoxy) is 1. The van der Waals surface area contributed by atoms with Gasteiger partial charge in [0.25, 0.3) is 0 Å². The molecule has 0 aliphatic carbocycles. The second-order valence-electron chi connectivity index (χ2n) is 4.65. The monoisotopic (exact) mass is 313 g/mol. The molecule has 0 aliphatic heterocycles. The molecule has 0 unspecified atom stereocenters. The lowest BCUT2D eigenvalue weighted by Gasteiger charge is -2.32. The third-order valence-electron chi connectivity index (χ3n) is 3.93. The number of rotatable bonds is 7. The van der Waals surface area contributed by atoms with E-state index in [9.17, 15) is 0 Å². The Labute approximate surface area is 119 Å². The standard InChI is InChI=1S/C15H24BrNO/c1-5-15(6-2,7-3)17-11-12-10-13(16)8-9-14(12)18-4/h8-10,17H,5-7,11H2,1-4H3. The molecule has 18 heavy (non-hydrogen) atoms. The minimum absolute atomic E-state index is 0.243. The molecule has 0 saturated heterocycles. The topological polar surface area (TPSA) is 21.3 Å². The molecule has 0 radical (unpaired) electrons. The van der Waals surface area contributed by atoms with Crippen molar-refractivity contribution >= 4 is 15.9 Å². The van der Waals surface area contributed by atoms with Crippen molar-refractivity contribution in [2.75, 3.05) is 7.11 Å². The molecular weight excluding hydrogens is 290 g/mol. The molecule has 1 aromatic rings. The van der Waals surface area contributed by atoms with Crippen LogP contribution in [0.4, 0.5) is 0 Å². The predicted molar refractivity (Wildman–Crippen MR) is 81.1 cm³/mol. The van der Waals surface area contributed by atoms with Crippen molar-refractivity contribution in [2.24, 2.45) is 0 Å². The van der Waals surface area contributed by atoms with E-state index >= 15 is 0 Å². The number of halogens is 1. The van der Waals surface area contributed by atoms with Gasteiger partial charge in [0.15, 0.2) is 0 Å². The Hall–Kier alpha value is -0.540. The van der Waals surface area contributed by atoms with Gasteiger partial charge in [0.2, 0.25) is 0 Å². The molecule has 2 nitrogen and oxygen atoms in total. The Balaban J connectivity index is 2.81. The number of benzene rings is 1. The summed E-state index contributed by atoms with van der Waals surface area (Å²) in [7, 11) is 1.72. The number of methoxy groups -OCH3 is 1. The molecule has 0 atom stereocenters. The highest BCUT2D eigenvalue weighted by Gasteiger charge is 2.23. The lowest BCUT2D eigenvalue weighted by Crippen LogP contribution is -2.43. The van der Waals surface area contributed by atoms with Crippen molar-refractivity contribution in [1.82, 2.24) is 5.32 Å². The van der Waals surface area contributed by atoms with Gasteiger partial charge in [0, 0.05) is 22.1 Å². The fourth-order valence-corrected chi connectivity index (χ4v) is 2.70. The Morgan fingerprint density at radius 2 is 1.78 bits per heavy atom. The fraction of sp³-hybridized carbons (Fsp3) is 0.600. The van der Waals surface area contributed by atoms with Gasteiger partial charge in [-0.05, 0) is 37.5 Å². The first-order valence-corrected chi connectivity index (χ1v) is 7.47. The van der Waals surface area contributed by atoms with Crippen LogP contribution in [0.15, 0.2) is 22.7 Å². The Morgan fingerprint density at radius 3 is 2.28 bits per heavy atom. The van der Waals surface area contributed by atoms with Gasteiger partial charge in [-0.15, -0.1) is 0 Å². The molecule has 102 valence electrons. The van der Waals surface area contributed by atoms with Crippen LogP contribution in [0.3, 0.4) is 0 Å². The molecule has 0 amide bonds. The summed E-state index contributed by atoms with van der Waals surface area (Å²) >= 11 is 3.51. The zero-order chi connectivity index (χ0) is 13.6. The van der Waals surface area contributed by atoms with Gasteiger partial charge in [0.1, 0.15) is 5.75 Å². The van der Waals surface area contributed by atoms with Crippen LogP contribution in [0, 0.1) is 0 Å². The fourth-order valence-electron chi connectivity index (χ4n) is 2.29. The average molecular weight is 314 g/mol. The summed E-state index contributed by atoms with van der Waals surface area (Å²) in [5.41, 5.74) is 1.44. The first-order valence-electron chi connectivity index (χ1n) is 6.68. The van der Waals surface area contributed by atoms with Crippen LogP contribution in [-0.2, 0) is 6.54 Å². The van der Waals surface area contributed by atoms with Crippen LogP contribution >= 0.6 is 15.9 Å². The van der Waals surface area contributed by atoms with Gasteiger partial charge in [-0.1, -0.05) is 36.7 Å². The summed E-state index contributed by atoms with van der Waals surface area (Å²) < 4.78 is 6.50. The first-order chi connectivity index (χ1) is 8.60. The van der Waals surface area contributed by atoms with E-state index in [0.717, 1.165) is 36.0 Å². The van der Waals surface area contributed by atoms with Crippen LogP contribution in [0.2, 0.25) is 0 Å². The molecule has 0 aliphatic rings. The van der Waals surface area contributed by atoms with Gasteiger partial charge < -0.3 is 10.1 Å². The van der Waals surface area contributed by atoms with E-state index in [4.69, 9.17) is 4.74 Å². The molecule has 3 heteroatoms. The lowest BCUT2D eigenvalue weighted by atomic mass is 9.89. The molecule has 0 bridgehead atoms. The second-order valence-corrected chi connectivity index (χ2v) is 5.57. The van der Waals surface area contributed by atoms with E-state index in [-0.39, 0.29) is 5.54 Å². The molecule has 0 saturated carbocycles. The Bertz CT molecular complexity index is 366. The van der Waals surface area contributed by atoms with Crippen LogP contribution in [0.1, 0.15) is 45.6 Å². The normalized spacial score (nSPS) is 11.6. The zero-order valence-electron chi connectivity index (χ0n) is 11.8. The molecule has 0 heterocycles. The van der Waals surface area contributed by atoms with E-state index in [1.54, 1.807) is 7.11 Å². The Morgan fingerprint density at radius 1 is 1.17 bits per heavy atom. The van der Waals surface area contributed by atoms with Crippen molar-refractivity contribution in [3.63, 3.8) is 0 Å². The number of nitrogens with one attached hydrogen (secondary N) is 1. The molecule has 0 spiro atoms. The maximum Gasteiger partial charge on any atom is 0.123 e. The van der Waals surface area contributed by atoms with Gasteiger partial charge in [-0.3, -0.25) is 0 Å². The number of hydrogen-bond acceptors (Lipinski definition) is 2. The van der Waals surface area contributed by atoms with Gasteiger partial charge in [-0.2, -0.15) is 0 Å². The van der Waals surface area contributed by atoms with Gasteiger partial charge in [0.05, 0.1) is 7.11 Å². The largest absolute Gasteiger partial charge is 0.496 e. The van der Waals surface area contributed by atoms with Gasteiger partial charge >= 0.3 is 0 Å². The maximum absolute atomic E-state index is 5.41. The molecule has 0 aromatic heterocycles. The van der Waals surface area contributed by atoms with E-state index in [2.05, 4.69) is 48.1 Å². The highest BCUT2D eigenvalue weighted by molar-refractivity contribution is 9.10. The van der Waals surface area contributed by atoms with Crippen molar-refractivity contribution in [3.05, 3.63) is 28.2 Å². The summed E-state index contributed by atoms with van der Waals surface area (Å²) in [5, 5.41) is 3.70. The molecule has 0 fully saturated rings. The summed E-state index contributed by atoms with van der Waals surface area (Å²) in [6.45, 7) is 7.59. The lowest BCUT2D eigenvalue weighted by molar-refractivity contribution is 0.285. The van der Waals surface area contributed by atoms with E-state index in [0.29, 0.717) is 0 Å². The highest BCUT2D eigenvalue weighted by atomic mass is 79.9. The van der Waals surface area contributed by atoms with Crippen molar-refractivity contribution in [3.8, 4) is 5.75 Å². The first kappa shape index (κ1) is 15.5. The summed E-state index contributed by atoms with van der Waals surface area (Å²) in [6.07, 6.45) is 3.45. The molecule has 1 rings (SSSR count).